The minimum Gasteiger partial charge on any atom is -0.508 e. The summed E-state index contributed by atoms with van der Waals surface area (Å²) in [5, 5.41) is 21.8. The van der Waals surface area contributed by atoms with Gasteiger partial charge in [0.15, 0.2) is 5.82 Å². The molecule has 0 atom stereocenters. The molecule has 0 spiro atoms. The minimum absolute atomic E-state index is 0.176. The highest BCUT2D eigenvalue weighted by Crippen LogP contribution is 2.12. The summed E-state index contributed by atoms with van der Waals surface area (Å²) in [6, 6.07) is 6.56. The number of phenolic OH excluding ortho intramolecular Hbond substituents is 1. The van der Waals surface area contributed by atoms with E-state index in [9.17, 15) is 0 Å². The van der Waals surface area contributed by atoms with Crippen molar-refractivity contribution in [2.75, 3.05) is 0 Å². The summed E-state index contributed by atoms with van der Waals surface area (Å²) in [6.45, 7) is -0.176. The maximum atomic E-state index is 9.07. The number of benzene rings is 1. The van der Waals surface area contributed by atoms with Gasteiger partial charge in [0.25, 0.3) is 0 Å². The van der Waals surface area contributed by atoms with Crippen LogP contribution >= 0.6 is 0 Å². The zero-order chi connectivity index (χ0) is 9.97. The molecule has 72 valence electrons. The largest absolute Gasteiger partial charge is 0.508 e. The fourth-order valence-electron chi connectivity index (χ4n) is 1.10. The van der Waals surface area contributed by atoms with Crippen molar-refractivity contribution in [2.45, 2.75) is 6.61 Å². The van der Waals surface area contributed by atoms with E-state index < -0.39 is 0 Å². The van der Waals surface area contributed by atoms with Gasteiger partial charge in [-0.1, -0.05) is 0 Å². The third-order valence-corrected chi connectivity index (χ3v) is 1.79. The van der Waals surface area contributed by atoms with Crippen LogP contribution in [0, 0.1) is 0 Å². The van der Waals surface area contributed by atoms with Crippen LogP contribution in [0.1, 0.15) is 5.82 Å². The standard InChI is InChI=1S/C9H9N3O2/c13-5-9-10-6-12(11-9)7-1-3-8(14)4-2-7/h1-4,6,13-14H,5H2. The lowest BCUT2D eigenvalue weighted by Crippen LogP contribution is -1.95. The van der Waals surface area contributed by atoms with Crippen molar-refractivity contribution in [3.05, 3.63) is 36.4 Å². The first-order chi connectivity index (χ1) is 6.79. The Hall–Kier alpha value is -1.88. The number of nitrogens with zero attached hydrogens (tertiary/aromatic N) is 3. The Balaban J connectivity index is 2.34. The topological polar surface area (TPSA) is 71.2 Å². The highest BCUT2D eigenvalue weighted by molar-refractivity contribution is 5.35. The number of aliphatic hydroxyl groups is 1. The molecule has 0 aliphatic rings. The summed E-state index contributed by atoms with van der Waals surface area (Å²) >= 11 is 0. The van der Waals surface area contributed by atoms with Crippen LogP contribution in [-0.2, 0) is 6.61 Å². The summed E-state index contributed by atoms with van der Waals surface area (Å²) in [4.78, 5) is 3.87. The number of rotatable bonds is 2. The van der Waals surface area contributed by atoms with Crippen molar-refractivity contribution in [1.29, 1.82) is 0 Å². The fraction of sp³-hybridized carbons (Fsp3) is 0.111. The van der Waals surface area contributed by atoms with Crippen LogP contribution < -0.4 is 0 Å². The van der Waals surface area contributed by atoms with E-state index in [4.69, 9.17) is 10.2 Å². The molecule has 1 aromatic heterocycles. The second kappa shape index (κ2) is 3.47. The maximum absolute atomic E-state index is 9.07. The van der Waals surface area contributed by atoms with Gasteiger partial charge in [-0.3, -0.25) is 0 Å². The molecular weight excluding hydrogens is 182 g/mol. The Morgan fingerprint density at radius 1 is 1.21 bits per heavy atom. The molecule has 5 nitrogen and oxygen atoms in total. The maximum Gasteiger partial charge on any atom is 0.176 e. The van der Waals surface area contributed by atoms with Crippen LogP contribution in [0.3, 0.4) is 0 Å². The van der Waals surface area contributed by atoms with E-state index in [1.54, 1.807) is 24.3 Å². The molecule has 0 saturated heterocycles. The Morgan fingerprint density at radius 3 is 2.50 bits per heavy atom. The van der Waals surface area contributed by atoms with Crippen LogP contribution in [-0.4, -0.2) is 25.0 Å². The summed E-state index contributed by atoms with van der Waals surface area (Å²) < 4.78 is 1.53. The molecular formula is C9H9N3O2. The number of aromatic nitrogens is 3. The normalized spacial score (nSPS) is 10.4. The molecule has 0 radical (unpaired) electrons. The zero-order valence-electron chi connectivity index (χ0n) is 7.33. The van der Waals surface area contributed by atoms with E-state index in [-0.39, 0.29) is 12.4 Å². The van der Waals surface area contributed by atoms with Gasteiger partial charge in [0.05, 0.1) is 5.69 Å². The van der Waals surface area contributed by atoms with Gasteiger partial charge in [-0.15, -0.1) is 5.10 Å². The van der Waals surface area contributed by atoms with Gasteiger partial charge >= 0.3 is 0 Å². The lowest BCUT2D eigenvalue weighted by atomic mass is 10.3. The Labute approximate surface area is 80.3 Å². The highest BCUT2D eigenvalue weighted by Gasteiger charge is 2.00. The minimum atomic E-state index is -0.176. The Kier molecular flexibility index (Phi) is 2.16. The first kappa shape index (κ1) is 8.71. The van der Waals surface area contributed by atoms with Gasteiger partial charge in [0.1, 0.15) is 18.7 Å². The first-order valence-corrected chi connectivity index (χ1v) is 4.10. The molecule has 0 fully saturated rings. The van der Waals surface area contributed by atoms with E-state index in [1.807, 2.05) is 0 Å². The molecule has 0 unspecified atom stereocenters. The Bertz CT molecular complexity index is 422. The van der Waals surface area contributed by atoms with Gasteiger partial charge in [-0.05, 0) is 24.3 Å². The molecule has 0 bridgehead atoms. The molecule has 2 N–H and O–H groups in total. The fourth-order valence-corrected chi connectivity index (χ4v) is 1.10. The van der Waals surface area contributed by atoms with Gasteiger partial charge in [-0.2, -0.15) is 0 Å². The third-order valence-electron chi connectivity index (χ3n) is 1.79. The monoisotopic (exact) mass is 191 g/mol. The molecule has 2 rings (SSSR count). The molecule has 14 heavy (non-hydrogen) atoms. The van der Waals surface area contributed by atoms with Gasteiger partial charge < -0.3 is 10.2 Å². The smallest absolute Gasteiger partial charge is 0.176 e. The van der Waals surface area contributed by atoms with E-state index in [2.05, 4.69) is 10.1 Å². The number of phenols is 1. The van der Waals surface area contributed by atoms with Crippen LogP contribution in [0.15, 0.2) is 30.6 Å². The second-order valence-corrected chi connectivity index (χ2v) is 2.78. The Morgan fingerprint density at radius 2 is 1.93 bits per heavy atom. The predicted octanol–water partition coefficient (Wildman–Crippen LogP) is 0.465. The lowest BCUT2D eigenvalue weighted by molar-refractivity contribution is 0.271. The van der Waals surface area contributed by atoms with Crippen molar-refractivity contribution in [3.63, 3.8) is 0 Å². The molecule has 5 heteroatoms. The van der Waals surface area contributed by atoms with Crippen molar-refractivity contribution in [2.24, 2.45) is 0 Å². The van der Waals surface area contributed by atoms with Crippen molar-refractivity contribution < 1.29 is 10.2 Å². The summed E-state index contributed by atoms with van der Waals surface area (Å²) in [7, 11) is 0. The predicted molar refractivity (Wildman–Crippen MR) is 48.9 cm³/mol. The number of aliphatic hydroxyl groups excluding tert-OH is 1. The molecule has 1 aromatic carbocycles. The average Bonchev–Trinajstić information content (AvgIpc) is 2.67. The van der Waals surface area contributed by atoms with Gasteiger partial charge in [-0.25, -0.2) is 9.67 Å². The molecule has 2 aromatic rings. The van der Waals surface area contributed by atoms with E-state index >= 15 is 0 Å². The van der Waals surface area contributed by atoms with Crippen LogP contribution in [0.5, 0.6) is 5.75 Å². The van der Waals surface area contributed by atoms with E-state index in [0.717, 1.165) is 5.69 Å². The first-order valence-electron chi connectivity index (χ1n) is 4.10. The molecule has 0 amide bonds. The molecule has 1 heterocycles. The summed E-state index contributed by atoms with van der Waals surface area (Å²) in [5.74, 6) is 0.578. The quantitative estimate of drug-likeness (QED) is 0.723. The number of aromatic hydroxyl groups is 1. The number of hydrogen-bond donors (Lipinski definition) is 2. The third kappa shape index (κ3) is 1.57. The van der Waals surface area contributed by atoms with Crippen molar-refractivity contribution in [1.82, 2.24) is 14.8 Å². The zero-order valence-corrected chi connectivity index (χ0v) is 7.33. The SMILES string of the molecule is OCc1ncn(-c2ccc(O)cc2)n1. The average molecular weight is 191 g/mol. The van der Waals surface area contributed by atoms with Gasteiger partial charge in [0, 0.05) is 0 Å². The highest BCUT2D eigenvalue weighted by atomic mass is 16.3. The van der Waals surface area contributed by atoms with Gasteiger partial charge in [0.2, 0.25) is 0 Å². The van der Waals surface area contributed by atoms with Crippen LogP contribution in [0.2, 0.25) is 0 Å². The number of hydrogen-bond acceptors (Lipinski definition) is 4. The molecule has 0 aliphatic heterocycles. The lowest BCUT2D eigenvalue weighted by Gasteiger charge is -1.99. The van der Waals surface area contributed by atoms with E-state index in [0.29, 0.717) is 5.82 Å². The second-order valence-electron chi connectivity index (χ2n) is 2.78. The summed E-state index contributed by atoms with van der Waals surface area (Å²) in [5.41, 5.74) is 0.787. The summed E-state index contributed by atoms with van der Waals surface area (Å²) in [6.07, 6.45) is 1.51. The molecule has 0 aliphatic carbocycles. The molecule has 0 saturated carbocycles. The van der Waals surface area contributed by atoms with Crippen molar-refractivity contribution in [3.8, 4) is 11.4 Å². The van der Waals surface area contributed by atoms with Crippen LogP contribution in [0.4, 0.5) is 0 Å². The van der Waals surface area contributed by atoms with E-state index in [1.165, 1.54) is 11.0 Å². The van der Waals surface area contributed by atoms with Crippen LogP contribution in [0.25, 0.3) is 5.69 Å². The van der Waals surface area contributed by atoms with Crippen molar-refractivity contribution >= 4 is 0 Å².